The third-order valence-electron chi connectivity index (χ3n) is 4.27. The first-order chi connectivity index (χ1) is 12.1. The molecule has 0 spiro atoms. The van der Waals surface area contributed by atoms with E-state index in [1.54, 1.807) is 29.5 Å². The zero-order valence-corrected chi connectivity index (χ0v) is 15.5. The smallest absolute Gasteiger partial charge is 0.234 e. The Kier molecular flexibility index (Phi) is 6.42. The molecule has 3 rings (SSSR count). The summed E-state index contributed by atoms with van der Waals surface area (Å²) in [5, 5.41) is 2.79. The van der Waals surface area contributed by atoms with E-state index in [9.17, 15) is 9.18 Å². The number of thiophene rings is 1. The molecule has 2 aromatic rings. The van der Waals surface area contributed by atoms with Crippen LogP contribution in [0.3, 0.4) is 0 Å². The quantitative estimate of drug-likeness (QED) is 0.835. The molecular formula is C18H21ClFN3OS. The predicted molar refractivity (Wildman–Crippen MR) is 99.3 cm³/mol. The molecule has 134 valence electrons. The van der Waals surface area contributed by atoms with Crippen LogP contribution < -0.4 is 5.32 Å². The van der Waals surface area contributed by atoms with Crippen LogP contribution in [0.25, 0.3) is 0 Å². The second kappa shape index (κ2) is 8.76. The lowest BCUT2D eigenvalue weighted by atomic mass is 10.2. The minimum absolute atomic E-state index is 0.0678. The van der Waals surface area contributed by atoms with Gasteiger partial charge >= 0.3 is 0 Å². The summed E-state index contributed by atoms with van der Waals surface area (Å²) < 4.78 is 14.4. The normalized spacial score (nSPS) is 16.1. The Morgan fingerprint density at radius 2 is 1.84 bits per heavy atom. The van der Waals surface area contributed by atoms with Gasteiger partial charge in [-0.1, -0.05) is 29.8 Å². The Morgan fingerprint density at radius 1 is 1.12 bits per heavy atom. The molecule has 25 heavy (non-hydrogen) atoms. The molecule has 1 aliphatic heterocycles. The monoisotopic (exact) mass is 381 g/mol. The van der Waals surface area contributed by atoms with E-state index in [2.05, 4.69) is 21.2 Å². The van der Waals surface area contributed by atoms with Crippen molar-refractivity contribution in [2.24, 2.45) is 0 Å². The van der Waals surface area contributed by atoms with Gasteiger partial charge < -0.3 is 5.32 Å². The van der Waals surface area contributed by atoms with Crippen molar-refractivity contribution in [3.05, 3.63) is 57.0 Å². The summed E-state index contributed by atoms with van der Waals surface area (Å²) in [4.78, 5) is 17.8. The molecule has 1 amide bonds. The zero-order chi connectivity index (χ0) is 17.6. The number of nitrogens with one attached hydrogen (secondary N) is 1. The maximum atomic E-state index is 13.5. The Labute approximate surface area is 156 Å². The maximum Gasteiger partial charge on any atom is 0.234 e. The standard InChI is InChI=1S/C18H21ClFN3OS/c19-17-6-5-15(25-17)12-22-7-9-23(10-8-22)13-18(24)21-11-14-3-1-2-4-16(14)20/h1-6H,7-13H2,(H,21,24). The van der Waals surface area contributed by atoms with Gasteiger partial charge in [0.15, 0.2) is 0 Å². The summed E-state index contributed by atoms with van der Waals surface area (Å²) in [5.74, 6) is -0.355. The molecule has 0 aliphatic carbocycles. The summed E-state index contributed by atoms with van der Waals surface area (Å²) in [7, 11) is 0. The van der Waals surface area contributed by atoms with Crippen LogP contribution in [-0.4, -0.2) is 48.4 Å². The molecule has 1 aromatic carbocycles. The van der Waals surface area contributed by atoms with Crippen molar-refractivity contribution in [2.75, 3.05) is 32.7 Å². The van der Waals surface area contributed by atoms with Crippen LogP contribution in [0.15, 0.2) is 36.4 Å². The fourth-order valence-electron chi connectivity index (χ4n) is 2.86. The Balaban J connectivity index is 1.38. The summed E-state index contributed by atoms with van der Waals surface area (Å²) in [6.45, 7) is 5.05. The molecule has 0 bridgehead atoms. The van der Waals surface area contributed by atoms with Crippen molar-refractivity contribution in [3.63, 3.8) is 0 Å². The molecule has 1 aliphatic rings. The summed E-state index contributed by atoms with van der Waals surface area (Å²) >= 11 is 7.58. The second-order valence-corrected chi connectivity index (χ2v) is 7.93. The van der Waals surface area contributed by atoms with Crippen LogP contribution in [0.1, 0.15) is 10.4 Å². The Bertz CT molecular complexity index is 716. The van der Waals surface area contributed by atoms with Crippen LogP contribution in [0.2, 0.25) is 4.34 Å². The molecule has 1 saturated heterocycles. The fraction of sp³-hybridized carbons (Fsp3) is 0.389. The third kappa shape index (κ3) is 5.51. The first kappa shape index (κ1) is 18.3. The lowest BCUT2D eigenvalue weighted by molar-refractivity contribution is -0.122. The van der Waals surface area contributed by atoms with Gasteiger partial charge in [-0.2, -0.15) is 0 Å². The molecule has 0 saturated carbocycles. The molecule has 0 radical (unpaired) electrons. The molecule has 1 fully saturated rings. The number of hydrogen-bond donors (Lipinski definition) is 1. The minimum atomic E-state index is -0.287. The molecule has 7 heteroatoms. The SMILES string of the molecule is O=C(CN1CCN(Cc2ccc(Cl)s2)CC1)NCc1ccccc1F. The number of carbonyl (C=O) groups is 1. The van der Waals surface area contributed by atoms with Gasteiger partial charge in [-0.15, -0.1) is 11.3 Å². The summed E-state index contributed by atoms with van der Waals surface area (Å²) in [6.07, 6.45) is 0. The average molecular weight is 382 g/mol. The Hall–Kier alpha value is -1.47. The number of hydrogen-bond acceptors (Lipinski definition) is 4. The Morgan fingerprint density at radius 3 is 2.52 bits per heavy atom. The van der Waals surface area contributed by atoms with E-state index in [1.807, 2.05) is 6.07 Å². The molecule has 1 aromatic heterocycles. The van der Waals surface area contributed by atoms with Crippen LogP contribution in [0.4, 0.5) is 4.39 Å². The predicted octanol–water partition coefficient (Wildman–Crippen LogP) is 2.97. The minimum Gasteiger partial charge on any atom is -0.351 e. The van der Waals surface area contributed by atoms with Crippen molar-refractivity contribution < 1.29 is 9.18 Å². The highest BCUT2D eigenvalue weighted by Gasteiger charge is 2.19. The number of halogens is 2. The van der Waals surface area contributed by atoms with E-state index in [0.29, 0.717) is 12.1 Å². The van der Waals surface area contributed by atoms with Crippen LogP contribution in [0.5, 0.6) is 0 Å². The van der Waals surface area contributed by atoms with Crippen molar-refractivity contribution >= 4 is 28.8 Å². The van der Waals surface area contributed by atoms with Gasteiger partial charge in [0.05, 0.1) is 10.9 Å². The molecule has 1 N–H and O–H groups in total. The third-order valence-corrected chi connectivity index (χ3v) is 5.49. The van der Waals surface area contributed by atoms with Crippen LogP contribution in [-0.2, 0) is 17.9 Å². The van der Waals surface area contributed by atoms with Crippen LogP contribution in [0, 0.1) is 5.82 Å². The van der Waals surface area contributed by atoms with Crippen LogP contribution >= 0.6 is 22.9 Å². The van der Waals surface area contributed by atoms with E-state index in [4.69, 9.17) is 11.6 Å². The first-order valence-electron chi connectivity index (χ1n) is 8.29. The van der Waals surface area contributed by atoms with Gasteiger partial charge in [0, 0.05) is 49.7 Å². The van der Waals surface area contributed by atoms with Gasteiger partial charge in [0.2, 0.25) is 5.91 Å². The largest absolute Gasteiger partial charge is 0.351 e. The van der Waals surface area contributed by atoms with Gasteiger partial charge in [-0.3, -0.25) is 14.6 Å². The molecule has 2 heterocycles. The summed E-state index contributed by atoms with van der Waals surface area (Å²) in [5.41, 5.74) is 0.510. The second-order valence-electron chi connectivity index (χ2n) is 6.13. The topological polar surface area (TPSA) is 35.6 Å². The van der Waals surface area contributed by atoms with Crippen molar-refractivity contribution in [1.82, 2.24) is 15.1 Å². The highest BCUT2D eigenvalue weighted by Crippen LogP contribution is 2.23. The number of nitrogens with zero attached hydrogens (tertiary/aromatic N) is 2. The molecule has 0 atom stereocenters. The highest BCUT2D eigenvalue weighted by molar-refractivity contribution is 7.16. The lowest BCUT2D eigenvalue weighted by Crippen LogP contribution is -2.49. The first-order valence-corrected chi connectivity index (χ1v) is 9.48. The number of amides is 1. The maximum absolute atomic E-state index is 13.5. The fourth-order valence-corrected chi connectivity index (χ4v) is 3.99. The van der Waals surface area contributed by atoms with Gasteiger partial charge in [-0.05, 0) is 18.2 Å². The lowest BCUT2D eigenvalue weighted by Gasteiger charge is -2.34. The van der Waals surface area contributed by atoms with Gasteiger partial charge in [0.1, 0.15) is 5.82 Å². The van der Waals surface area contributed by atoms with Gasteiger partial charge in [-0.25, -0.2) is 4.39 Å². The van der Waals surface area contributed by atoms with E-state index >= 15 is 0 Å². The molecule has 0 unspecified atom stereocenters. The van der Waals surface area contributed by atoms with E-state index in [0.717, 1.165) is 37.1 Å². The van der Waals surface area contributed by atoms with Crippen molar-refractivity contribution in [3.8, 4) is 0 Å². The van der Waals surface area contributed by atoms with Crippen molar-refractivity contribution in [1.29, 1.82) is 0 Å². The molecular weight excluding hydrogens is 361 g/mol. The molecule has 4 nitrogen and oxygen atoms in total. The number of piperazine rings is 1. The average Bonchev–Trinajstić information content (AvgIpc) is 3.01. The van der Waals surface area contributed by atoms with E-state index in [-0.39, 0.29) is 18.3 Å². The number of carbonyl (C=O) groups excluding carboxylic acids is 1. The number of benzene rings is 1. The van der Waals surface area contributed by atoms with Gasteiger partial charge in [0.25, 0.3) is 0 Å². The highest BCUT2D eigenvalue weighted by atomic mass is 35.5. The summed E-state index contributed by atoms with van der Waals surface area (Å²) in [6, 6.07) is 10.5. The zero-order valence-electron chi connectivity index (χ0n) is 13.9. The van der Waals surface area contributed by atoms with E-state index < -0.39 is 0 Å². The number of rotatable bonds is 6. The van der Waals surface area contributed by atoms with Crippen molar-refractivity contribution in [2.45, 2.75) is 13.1 Å². The van der Waals surface area contributed by atoms with E-state index in [1.165, 1.54) is 10.9 Å².